The van der Waals surface area contributed by atoms with E-state index in [9.17, 15) is 4.79 Å². The van der Waals surface area contributed by atoms with E-state index >= 15 is 0 Å². The summed E-state index contributed by atoms with van der Waals surface area (Å²) in [6.45, 7) is 0.600. The summed E-state index contributed by atoms with van der Waals surface area (Å²) in [7, 11) is 1.67. The molecule has 1 aliphatic heterocycles. The zero-order valence-electron chi connectivity index (χ0n) is 9.92. The minimum Gasteiger partial charge on any atom is -0.380 e. The Morgan fingerprint density at radius 3 is 2.83 bits per heavy atom. The van der Waals surface area contributed by atoms with Gasteiger partial charge in [-0.1, -0.05) is 36.0 Å². The zero-order chi connectivity index (χ0) is 12.8. The van der Waals surface area contributed by atoms with Gasteiger partial charge in [0.1, 0.15) is 0 Å². The first-order chi connectivity index (χ1) is 8.78. The number of nitrogens with one attached hydrogen (secondary N) is 1. The van der Waals surface area contributed by atoms with Gasteiger partial charge in [0.15, 0.2) is 5.17 Å². The predicted octanol–water partition coefficient (Wildman–Crippen LogP) is 1.39. The van der Waals surface area contributed by atoms with Crippen LogP contribution in [0.1, 0.15) is 11.1 Å². The molecule has 0 atom stereocenters. The van der Waals surface area contributed by atoms with Crippen LogP contribution in [0.3, 0.4) is 0 Å². The number of amides is 1. The second-order valence-corrected chi connectivity index (χ2v) is 4.63. The Morgan fingerprint density at radius 2 is 2.22 bits per heavy atom. The third-order valence-corrected chi connectivity index (χ3v) is 3.10. The molecule has 0 aliphatic carbocycles. The number of carbonyl (C=O) groups is 1. The normalized spacial score (nSPS) is 17.6. The molecule has 94 valence electrons. The topological polar surface area (TPSA) is 63.1 Å². The number of amidine groups is 1. The van der Waals surface area contributed by atoms with E-state index in [1.54, 1.807) is 13.3 Å². The molecule has 1 aromatic rings. The molecule has 18 heavy (non-hydrogen) atoms. The Balaban J connectivity index is 1.94. The van der Waals surface area contributed by atoms with Gasteiger partial charge in [0.2, 0.25) is 5.91 Å². The number of hydrogen-bond donors (Lipinski definition) is 1. The molecule has 1 aromatic carbocycles. The van der Waals surface area contributed by atoms with E-state index in [0.29, 0.717) is 17.5 Å². The van der Waals surface area contributed by atoms with Crippen molar-refractivity contribution in [1.82, 2.24) is 5.32 Å². The molecule has 0 aromatic heterocycles. The number of nitrogens with zero attached hydrogens (tertiary/aromatic N) is 2. The van der Waals surface area contributed by atoms with E-state index in [1.807, 2.05) is 24.3 Å². The van der Waals surface area contributed by atoms with Crippen molar-refractivity contribution in [3.05, 3.63) is 35.4 Å². The van der Waals surface area contributed by atoms with Crippen LogP contribution in [0.5, 0.6) is 0 Å². The van der Waals surface area contributed by atoms with Crippen molar-refractivity contribution in [1.29, 1.82) is 0 Å². The average Bonchev–Trinajstić information content (AvgIpc) is 2.78. The van der Waals surface area contributed by atoms with Crippen LogP contribution in [0.25, 0.3) is 0 Å². The van der Waals surface area contributed by atoms with Crippen LogP contribution in [0.4, 0.5) is 0 Å². The summed E-state index contributed by atoms with van der Waals surface area (Å²) < 4.78 is 5.03. The van der Waals surface area contributed by atoms with E-state index in [0.717, 1.165) is 11.1 Å². The molecule has 0 unspecified atom stereocenters. The third kappa shape index (κ3) is 3.68. The van der Waals surface area contributed by atoms with Crippen molar-refractivity contribution in [2.75, 3.05) is 12.9 Å². The fraction of sp³-hybridized carbons (Fsp3) is 0.250. The van der Waals surface area contributed by atoms with Gasteiger partial charge in [-0.15, -0.1) is 5.10 Å². The maximum Gasteiger partial charge on any atom is 0.236 e. The van der Waals surface area contributed by atoms with Crippen molar-refractivity contribution in [2.24, 2.45) is 10.2 Å². The molecule has 1 N–H and O–H groups in total. The second kappa shape index (κ2) is 6.32. The van der Waals surface area contributed by atoms with E-state index < -0.39 is 0 Å². The number of carbonyl (C=O) groups excluding carboxylic acids is 1. The third-order valence-electron chi connectivity index (χ3n) is 2.23. The Morgan fingerprint density at radius 1 is 1.44 bits per heavy atom. The van der Waals surface area contributed by atoms with E-state index in [2.05, 4.69) is 15.5 Å². The summed E-state index contributed by atoms with van der Waals surface area (Å²) in [6.07, 6.45) is 1.65. The first-order valence-corrected chi connectivity index (χ1v) is 6.38. The van der Waals surface area contributed by atoms with E-state index in [1.165, 1.54) is 11.8 Å². The van der Waals surface area contributed by atoms with Gasteiger partial charge < -0.3 is 10.1 Å². The molecule has 1 amide bonds. The lowest BCUT2D eigenvalue weighted by Crippen LogP contribution is -2.19. The van der Waals surface area contributed by atoms with Crippen LogP contribution < -0.4 is 5.32 Å². The molecule has 5 nitrogen and oxygen atoms in total. The van der Waals surface area contributed by atoms with Crippen molar-refractivity contribution in [2.45, 2.75) is 6.61 Å². The lowest BCUT2D eigenvalue weighted by molar-refractivity contribution is -0.116. The fourth-order valence-corrected chi connectivity index (χ4v) is 2.02. The summed E-state index contributed by atoms with van der Waals surface area (Å²) in [5.41, 5.74) is 2.06. The molecule has 1 fully saturated rings. The molecule has 6 heteroatoms. The quantitative estimate of drug-likeness (QED) is 0.659. The van der Waals surface area contributed by atoms with Crippen molar-refractivity contribution in [3.8, 4) is 0 Å². The molecule has 1 saturated heterocycles. The fourth-order valence-electron chi connectivity index (χ4n) is 1.39. The number of methoxy groups -OCH3 is 1. The highest BCUT2D eigenvalue weighted by atomic mass is 32.2. The number of rotatable bonds is 4. The summed E-state index contributed by atoms with van der Waals surface area (Å²) in [5.74, 6) is 0.387. The molecule has 2 rings (SSSR count). The summed E-state index contributed by atoms with van der Waals surface area (Å²) in [4.78, 5) is 10.9. The lowest BCUT2D eigenvalue weighted by atomic mass is 10.1. The van der Waals surface area contributed by atoms with Gasteiger partial charge >= 0.3 is 0 Å². The van der Waals surface area contributed by atoms with Crippen molar-refractivity contribution in [3.63, 3.8) is 0 Å². The van der Waals surface area contributed by atoms with Gasteiger partial charge in [-0.05, 0) is 11.1 Å². The summed E-state index contributed by atoms with van der Waals surface area (Å²) >= 11 is 1.35. The van der Waals surface area contributed by atoms with Gasteiger partial charge in [-0.2, -0.15) is 5.10 Å². The SMILES string of the molecule is COCc1ccc(C=NN=C2NC(=O)CS2)cc1. The van der Waals surface area contributed by atoms with Gasteiger partial charge in [0, 0.05) is 7.11 Å². The molecule has 0 bridgehead atoms. The average molecular weight is 263 g/mol. The van der Waals surface area contributed by atoms with E-state index in [4.69, 9.17) is 4.74 Å². The van der Waals surface area contributed by atoms with Gasteiger partial charge in [0.25, 0.3) is 0 Å². The standard InChI is InChI=1S/C12H13N3O2S/c1-17-7-10-4-2-9(3-5-10)6-13-15-12-14-11(16)8-18-12/h2-6H,7-8H2,1H3,(H,14,15,16). The van der Waals surface area contributed by atoms with Crippen LogP contribution in [0.15, 0.2) is 34.5 Å². The Hall–Kier alpha value is -1.66. The van der Waals surface area contributed by atoms with Crippen LogP contribution in [0.2, 0.25) is 0 Å². The Bertz CT molecular complexity index is 483. The van der Waals surface area contributed by atoms with Crippen LogP contribution in [-0.4, -0.2) is 30.2 Å². The summed E-state index contributed by atoms with van der Waals surface area (Å²) in [6, 6.07) is 7.84. The van der Waals surface area contributed by atoms with Crippen LogP contribution in [-0.2, 0) is 16.1 Å². The maximum absolute atomic E-state index is 10.9. The molecular weight excluding hydrogens is 250 g/mol. The summed E-state index contributed by atoms with van der Waals surface area (Å²) in [5, 5.41) is 11.0. The monoisotopic (exact) mass is 263 g/mol. The highest BCUT2D eigenvalue weighted by Crippen LogP contribution is 2.08. The van der Waals surface area contributed by atoms with Crippen molar-refractivity contribution < 1.29 is 9.53 Å². The largest absolute Gasteiger partial charge is 0.380 e. The smallest absolute Gasteiger partial charge is 0.236 e. The number of benzene rings is 1. The highest BCUT2D eigenvalue weighted by Gasteiger charge is 2.15. The van der Waals surface area contributed by atoms with Crippen LogP contribution >= 0.6 is 11.8 Å². The zero-order valence-corrected chi connectivity index (χ0v) is 10.7. The number of thioether (sulfide) groups is 1. The second-order valence-electron chi connectivity index (χ2n) is 3.66. The Kier molecular flexibility index (Phi) is 4.49. The molecule has 0 spiro atoms. The number of hydrogen-bond acceptors (Lipinski definition) is 5. The van der Waals surface area contributed by atoms with E-state index in [-0.39, 0.29) is 5.91 Å². The minimum absolute atomic E-state index is 0.0298. The molecular formula is C12H13N3O2S. The maximum atomic E-state index is 10.9. The van der Waals surface area contributed by atoms with Gasteiger partial charge in [-0.3, -0.25) is 4.79 Å². The predicted molar refractivity (Wildman–Crippen MR) is 72.8 cm³/mol. The highest BCUT2D eigenvalue weighted by molar-refractivity contribution is 8.15. The molecule has 0 saturated carbocycles. The molecule has 1 heterocycles. The first-order valence-electron chi connectivity index (χ1n) is 5.39. The molecule has 0 radical (unpaired) electrons. The van der Waals surface area contributed by atoms with Crippen LogP contribution in [0, 0.1) is 0 Å². The Labute approximate surface area is 109 Å². The van der Waals surface area contributed by atoms with Gasteiger partial charge in [-0.25, -0.2) is 0 Å². The minimum atomic E-state index is -0.0298. The first kappa shape index (κ1) is 12.8. The molecule has 1 aliphatic rings. The van der Waals surface area contributed by atoms with Gasteiger partial charge in [0.05, 0.1) is 18.6 Å². The lowest BCUT2D eigenvalue weighted by Gasteiger charge is -1.98. The van der Waals surface area contributed by atoms with Crippen molar-refractivity contribution >= 4 is 29.1 Å². The number of ether oxygens (including phenoxy) is 1.